The fourth-order valence-corrected chi connectivity index (χ4v) is 4.82. The number of carbonyl (C=O) groups is 1. The topological polar surface area (TPSA) is 91.0 Å². The number of carbonyl (C=O) groups excluding carboxylic acids is 1. The van der Waals surface area contributed by atoms with Crippen molar-refractivity contribution in [3.63, 3.8) is 0 Å². The van der Waals surface area contributed by atoms with Gasteiger partial charge in [0.25, 0.3) is 0 Å². The van der Waals surface area contributed by atoms with Crippen LogP contribution in [0.2, 0.25) is 0 Å². The van der Waals surface area contributed by atoms with Crippen LogP contribution in [0.25, 0.3) is 0 Å². The molecule has 1 atom stereocenters. The predicted molar refractivity (Wildman–Crippen MR) is 73.9 cm³/mol. The molecule has 4 bridgehead atoms. The molecule has 4 rings (SSSR count). The first-order valence-corrected chi connectivity index (χ1v) is 7.38. The molecule has 0 aromatic rings. The summed E-state index contributed by atoms with van der Waals surface area (Å²) in [7, 11) is 0. The van der Waals surface area contributed by atoms with E-state index in [1.54, 1.807) is 6.92 Å². The first-order valence-electron chi connectivity index (χ1n) is 7.38. The SMILES string of the molecule is CC(NC(=O)NC12CC3CC(CC(C3)C1)C2)C(=N)N. The highest BCUT2D eigenvalue weighted by atomic mass is 16.2. The summed E-state index contributed by atoms with van der Waals surface area (Å²) in [6.07, 6.45) is 7.52. The van der Waals surface area contributed by atoms with E-state index in [9.17, 15) is 4.79 Å². The Kier molecular flexibility index (Phi) is 2.95. The molecule has 0 aromatic carbocycles. The first kappa shape index (κ1) is 12.8. The molecule has 5 N–H and O–H groups in total. The Bertz CT molecular complexity index is 371. The maximum atomic E-state index is 12.1. The van der Waals surface area contributed by atoms with Gasteiger partial charge in [0.2, 0.25) is 0 Å². The van der Waals surface area contributed by atoms with Gasteiger partial charge in [-0.15, -0.1) is 0 Å². The van der Waals surface area contributed by atoms with E-state index in [0.717, 1.165) is 37.0 Å². The minimum Gasteiger partial charge on any atom is -0.386 e. The summed E-state index contributed by atoms with van der Waals surface area (Å²) < 4.78 is 0. The van der Waals surface area contributed by atoms with Crippen LogP contribution in [0.1, 0.15) is 45.4 Å². The van der Waals surface area contributed by atoms with Gasteiger partial charge in [-0.3, -0.25) is 5.41 Å². The summed E-state index contributed by atoms with van der Waals surface area (Å²) in [6.45, 7) is 1.74. The lowest BCUT2D eigenvalue weighted by molar-refractivity contribution is -0.0135. The van der Waals surface area contributed by atoms with Gasteiger partial charge in [-0.25, -0.2) is 4.79 Å². The van der Waals surface area contributed by atoms with Crippen molar-refractivity contribution in [2.24, 2.45) is 23.5 Å². The van der Waals surface area contributed by atoms with Gasteiger partial charge in [0.05, 0.1) is 6.04 Å². The van der Waals surface area contributed by atoms with Crippen LogP contribution in [0.15, 0.2) is 0 Å². The molecule has 0 saturated heterocycles. The monoisotopic (exact) mass is 264 g/mol. The van der Waals surface area contributed by atoms with Crippen LogP contribution in [0.5, 0.6) is 0 Å². The highest BCUT2D eigenvalue weighted by Crippen LogP contribution is 2.55. The number of nitrogens with one attached hydrogen (secondary N) is 3. The van der Waals surface area contributed by atoms with E-state index in [1.807, 2.05) is 0 Å². The summed E-state index contributed by atoms with van der Waals surface area (Å²) >= 11 is 0. The van der Waals surface area contributed by atoms with E-state index in [2.05, 4.69) is 10.6 Å². The highest BCUT2D eigenvalue weighted by Gasteiger charge is 2.51. The average Bonchev–Trinajstić information content (AvgIpc) is 2.25. The quantitative estimate of drug-likeness (QED) is 0.460. The highest BCUT2D eigenvalue weighted by molar-refractivity contribution is 5.87. The van der Waals surface area contributed by atoms with Gasteiger partial charge in [0.1, 0.15) is 5.84 Å². The van der Waals surface area contributed by atoms with E-state index in [4.69, 9.17) is 11.1 Å². The fourth-order valence-electron chi connectivity index (χ4n) is 4.82. The molecule has 5 heteroatoms. The lowest BCUT2D eigenvalue weighted by Crippen LogP contribution is -2.62. The maximum absolute atomic E-state index is 12.1. The van der Waals surface area contributed by atoms with Crippen molar-refractivity contribution in [1.82, 2.24) is 10.6 Å². The van der Waals surface area contributed by atoms with Crippen LogP contribution in [0.4, 0.5) is 4.79 Å². The van der Waals surface area contributed by atoms with E-state index in [0.29, 0.717) is 0 Å². The average molecular weight is 264 g/mol. The molecule has 106 valence electrons. The Labute approximate surface area is 114 Å². The molecular weight excluding hydrogens is 240 g/mol. The summed E-state index contributed by atoms with van der Waals surface area (Å²) in [4.78, 5) is 12.1. The second-order valence-corrected chi connectivity index (χ2v) is 6.97. The minimum atomic E-state index is -0.395. The van der Waals surface area contributed by atoms with E-state index < -0.39 is 6.04 Å². The molecule has 1 unspecified atom stereocenters. The normalized spacial score (nSPS) is 40.8. The second-order valence-electron chi connectivity index (χ2n) is 6.97. The van der Waals surface area contributed by atoms with Gasteiger partial charge in [0, 0.05) is 5.54 Å². The van der Waals surface area contributed by atoms with Crippen molar-refractivity contribution in [3.05, 3.63) is 0 Å². The molecule has 0 spiro atoms. The standard InChI is InChI=1S/C14H24N4O/c1-8(12(15)16)17-13(19)18-14-5-9-2-10(6-14)4-11(3-9)7-14/h8-11H,2-7H2,1H3,(H3,15,16)(H2,17,18,19). The number of amidine groups is 1. The van der Waals surface area contributed by atoms with E-state index in [1.165, 1.54) is 19.3 Å². The van der Waals surface area contributed by atoms with Crippen LogP contribution in [0, 0.1) is 23.2 Å². The van der Waals surface area contributed by atoms with Crippen molar-refractivity contribution < 1.29 is 4.79 Å². The zero-order chi connectivity index (χ0) is 13.6. The largest absolute Gasteiger partial charge is 0.386 e. The molecule has 0 aromatic heterocycles. The molecule has 0 heterocycles. The third-order valence-electron chi connectivity index (χ3n) is 5.23. The number of urea groups is 1. The third-order valence-corrected chi connectivity index (χ3v) is 5.23. The predicted octanol–water partition coefficient (Wildman–Crippen LogP) is 1.58. The minimum absolute atomic E-state index is 0.000613. The molecule has 4 fully saturated rings. The molecule has 19 heavy (non-hydrogen) atoms. The number of amides is 2. The molecule has 5 nitrogen and oxygen atoms in total. The summed E-state index contributed by atoms with van der Waals surface area (Å²) in [5.74, 6) is 2.45. The van der Waals surface area contributed by atoms with Crippen molar-refractivity contribution in [2.45, 2.75) is 57.0 Å². The number of hydrogen-bond donors (Lipinski definition) is 4. The Balaban J connectivity index is 1.63. The molecule has 4 aliphatic carbocycles. The zero-order valence-corrected chi connectivity index (χ0v) is 11.5. The molecule has 2 amide bonds. The van der Waals surface area contributed by atoms with Crippen molar-refractivity contribution >= 4 is 11.9 Å². The molecule has 0 radical (unpaired) electrons. The van der Waals surface area contributed by atoms with Crippen LogP contribution in [-0.4, -0.2) is 23.4 Å². The molecule has 4 aliphatic rings. The lowest BCUT2D eigenvalue weighted by atomic mass is 9.53. The van der Waals surface area contributed by atoms with Crippen molar-refractivity contribution in [1.29, 1.82) is 5.41 Å². The van der Waals surface area contributed by atoms with Gasteiger partial charge in [0.15, 0.2) is 0 Å². The number of hydrogen-bond acceptors (Lipinski definition) is 2. The van der Waals surface area contributed by atoms with E-state index in [-0.39, 0.29) is 17.4 Å². The maximum Gasteiger partial charge on any atom is 0.315 e. The second kappa shape index (κ2) is 4.39. The Morgan fingerprint density at radius 1 is 1.21 bits per heavy atom. The zero-order valence-electron chi connectivity index (χ0n) is 11.5. The Morgan fingerprint density at radius 2 is 1.68 bits per heavy atom. The molecule has 0 aliphatic heterocycles. The van der Waals surface area contributed by atoms with E-state index >= 15 is 0 Å². The van der Waals surface area contributed by atoms with Gasteiger partial charge >= 0.3 is 6.03 Å². The number of rotatable bonds is 3. The Hall–Kier alpha value is -1.26. The molecular formula is C14H24N4O. The smallest absolute Gasteiger partial charge is 0.315 e. The van der Waals surface area contributed by atoms with Crippen LogP contribution in [-0.2, 0) is 0 Å². The van der Waals surface area contributed by atoms with Gasteiger partial charge in [-0.05, 0) is 63.2 Å². The fraction of sp³-hybridized carbons (Fsp3) is 0.857. The van der Waals surface area contributed by atoms with Gasteiger partial charge in [-0.1, -0.05) is 0 Å². The van der Waals surface area contributed by atoms with Crippen LogP contribution < -0.4 is 16.4 Å². The van der Waals surface area contributed by atoms with Gasteiger partial charge in [-0.2, -0.15) is 0 Å². The number of nitrogens with two attached hydrogens (primary N) is 1. The third kappa shape index (κ3) is 2.42. The van der Waals surface area contributed by atoms with Crippen LogP contribution in [0.3, 0.4) is 0 Å². The Morgan fingerprint density at radius 3 is 2.11 bits per heavy atom. The lowest BCUT2D eigenvalue weighted by Gasteiger charge is -2.56. The summed E-state index contributed by atoms with van der Waals surface area (Å²) in [5, 5.41) is 13.3. The van der Waals surface area contributed by atoms with Crippen LogP contribution >= 0.6 is 0 Å². The molecule has 4 saturated carbocycles. The first-order chi connectivity index (χ1) is 8.96. The summed E-state index contributed by atoms with van der Waals surface area (Å²) in [5.41, 5.74) is 5.41. The van der Waals surface area contributed by atoms with Gasteiger partial charge < -0.3 is 16.4 Å². The van der Waals surface area contributed by atoms with Crippen molar-refractivity contribution in [3.8, 4) is 0 Å². The van der Waals surface area contributed by atoms with Crippen molar-refractivity contribution in [2.75, 3.05) is 0 Å². The summed E-state index contributed by atoms with van der Waals surface area (Å²) in [6, 6.07) is -0.557.